The standard InChI is InChI=1S/C14H26N2O/c1-11-7-9-16(10-8-11)14(17)12(2)5-4-6-13(3)15/h7,12-13H,4-6,8-10,15H2,1-3H3. The molecule has 3 nitrogen and oxygen atoms in total. The number of carbonyl (C=O) groups is 1. The minimum atomic E-state index is 0.139. The molecular weight excluding hydrogens is 212 g/mol. The average molecular weight is 238 g/mol. The van der Waals surface area contributed by atoms with Crippen LogP contribution >= 0.6 is 0 Å². The van der Waals surface area contributed by atoms with E-state index < -0.39 is 0 Å². The van der Waals surface area contributed by atoms with Gasteiger partial charge in [0.25, 0.3) is 0 Å². The second kappa shape index (κ2) is 6.80. The van der Waals surface area contributed by atoms with Gasteiger partial charge in [-0.05, 0) is 33.1 Å². The Morgan fingerprint density at radius 1 is 1.47 bits per heavy atom. The molecule has 1 aliphatic rings. The molecule has 0 aromatic heterocycles. The van der Waals surface area contributed by atoms with Gasteiger partial charge in [0.1, 0.15) is 0 Å². The Morgan fingerprint density at radius 2 is 2.18 bits per heavy atom. The van der Waals surface area contributed by atoms with Crippen LogP contribution in [-0.2, 0) is 4.79 Å². The lowest BCUT2D eigenvalue weighted by Crippen LogP contribution is -2.38. The van der Waals surface area contributed by atoms with Gasteiger partial charge in [0.2, 0.25) is 5.91 Å². The van der Waals surface area contributed by atoms with Crippen LogP contribution in [0.3, 0.4) is 0 Å². The molecular formula is C14H26N2O. The van der Waals surface area contributed by atoms with E-state index >= 15 is 0 Å². The Balaban J connectivity index is 2.31. The molecule has 2 N–H and O–H groups in total. The molecule has 98 valence electrons. The van der Waals surface area contributed by atoms with E-state index in [0.29, 0.717) is 5.91 Å². The summed E-state index contributed by atoms with van der Waals surface area (Å²) < 4.78 is 0. The molecule has 1 rings (SSSR count). The highest BCUT2D eigenvalue weighted by molar-refractivity contribution is 5.78. The molecule has 0 saturated carbocycles. The summed E-state index contributed by atoms with van der Waals surface area (Å²) >= 11 is 0. The topological polar surface area (TPSA) is 46.3 Å². The van der Waals surface area contributed by atoms with Gasteiger partial charge in [0.05, 0.1) is 0 Å². The summed E-state index contributed by atoms with van der Waals surface area (Å²) in [6, 6.07) is 0.248. The van der Waals surface area contributed by atoms with E-state index in [1.165, 1.54) is 5.57 Å². The zero-order chi connectivity index (χ0) is 12.8. The zero-order valence-electron chi connectivity index (χ0n) is 11.4. The van der Waals surface area contributed by atoms with E-state index in [0.717, 1.165) is 38.8 Å². The smallest absolute Gasteiger partial charge is 0.225 e. The van der Waals surface area contributed by atoms with Gasteiger partial charge in [-0.2, -0.15) is 0 Å². The van der Waals surface area contributed by atoms with Crippen molar-refractivity contribution < 1.29 is 4.79 Å². The number of nitrogens with zero attached hydrogens (tertiary/aromatic N) is 1. The Morgan fingerprint density at radius 3 is 2.71 bits per heavy atom. The van der Waals surface area contributed by atoms with Crippen LogP contribution in [0.4, 0.5) is 0 Å². The Kier molecular flexibility index (Phi) is 5.69. The van der Waals surface area contributed by atoms with Crippen LogP contribution in [0, 0.1) is 5.92 Å². The Bertz CT molecular complexity index is 284. The average Bonchev–Trinajstić information content (AvgIpc) is 2.28. The van der Waals surface area contributed by atoms with Crippen molar-refractivity contribution in [3.63, 3.8) is 0 Å². The van der Waals surface area contributed by atoms with Crippen LogP contribution in [0.15, 0.2) is 11.6 Å². The maximum Gasteiger partial charge on any atom is 0.225 e. The summed E-state index contributed by atoms with van der Waals surface area (Å²) in [4.78, 5) is 14.1. The van der Waals surface area contributed by atoms with Gasteiger partial charge in [-0.25, -0.2) is 0 Å². The van der Waals surface area contributed by atoms with Crippen molar-refractivity contribution >= 4 is 5.91 Å². The molecule has 0 spiro atoms. The van der Waals surface area contributed by atoms with Crippen molar-refractivity contribution in [2.75, 3.05) is 13.1 Å². The van der Waals surface area contributed by atoms with Crippen LogP contribution in [-0.4, -0.2) is 29.9 Å². The maximum absolute atomic E-state index is 12.1. The number of amides is 1. The van der Waals surface area contributed by atoms with Crippen molar-refractivity contribution in [1.82, 2.24) is 4.90 Å². The van der Waals surface area contributed by atoms with Crippen LogP contribution in [0.5, 0.6) is 0 Å². The fraction of sp³-hybridized carbons (Fsp3) is 0.786. The van der Waals surface area contributed by atoms with Gasteiger partial charge in [0.15, 0.2) is 0 Å². The minimum Gasteiger partial charge on any atom is -0.338 e. The fourth-order valence-corrected chi connectivity index (χ4v) is 2.15. The van der Waals surface area contributed by atoms with Gasteiger partial charge in [-0.1, -0.05) is 25.0 Å². The molecule has 2 atom stereocenters. The fourth-order valence-electron chi connectivity index (χ4n) is 2.15. The predicted molar refractivity (Wildman–Crippen MR) is 71.6 cm³/mol. The van der Waals surface area contributed by atoms with Gasteiger partial charge >= 0.3 is 0 Å². The van der Waals surface area contributed by atoms with Crippen LogP contribution in [0.1, 0.15) is 46.5 Å². The SMILES string of the molecule is CC1=CCN(C(=O)C(C)CCCC(C)N)CC1. The van der Waals surface area contributed by atoms with Gasteiger partial charge < -0.3 is 10.6 Å². The normalized spacial score (nSPS) is 19.8. The quantitative estimate of drug-likeness (QED) is 0.747. The Labute approximate surface area is 105 Å². The summed E-state index contributed by atoms with van der Waals surface area (Å²) in [5.41, 5.74) is 7.11. The molecule has 3 heteroatoms. The van der Waals surface area contributed by atoms with Crippen molar-refractivity contribution in [3.8, 4) is 0 Å². The first kappa shape index (κ1) is 14.2. The molecule has 1 amide bonds. The molecule has 0 fully saturated rings. The largest absolute Gasteiger partial charge is 0.338 e. The van der Waals surface area contributed by atoms with Crippen LogP contribution < -0.4 is 5.73 Å². The van der Waals surface area contributed by atoms with Crippen molar-refractivity contribution in [2.24, 2.45) is 11.7 Å². The summed E-state index contributed by atoms with van der Waals surface area (Å²) in [6.07, 6.45) is 6.21. The van der Waals surface area contributed by atoms with E-state index in [9.17, 15) is 4.79 Å². The molecule has 0 radical (unpaired) electrons. The second-order valence-electron chi connectivity index (χ2n) is 5.39. The van der Waals surface area contributed by atoms with E-state index in [4.69, 9.17) is 5.73 Å². The first-order chi connectivity index (χ1) is 8.00. The first-order valence-electron chi connectivity index (χ1n) is 6.70. The minimum absolute atomic E-state index is 0.139. The van der Waals surface area contributed by atoms with Gasteiger partial charge in [-0.15, -0.1) is 0 Å². The number of hydrogen-bond donors (Lipinski definition) is 1. The first-order valence-corrected chi connectivity index (χ1v) is 6.70. The molecule has 17 heavy (non-hydrogen) atoms. The van der Waals surface area contributed by atoms with Crippen LogP contribution in [0.2, 0.25) is 0 Å². The van der Waals surface area contributed by atoms with Crippen molar-refractivity contribution in [3.05, 3.63) is 11.6 Å². The maximum atomic E-state index is 12.1. The number of nitrogens with two attached hydrogens (primary N) is 1. The molecule has 2 unspecified atom stereocenters. The monoisotopic (exact) mass is 238 g/mol. The van der Waals surface area contributed by atoms with E-state index in [-0.39, 0.29) is 12.0 Å². The molecule has 0 aliphatic carbocycles. The van der Waals surface area contributed by atoms with E-state index in [1.54, 1.807) is 0 Å². The third-order valence-corrected chi connectivity index (χ3v) is 3.47. The number of rotatable bonds is 5. The lowest BCUT2D eigenvalue weighted by Gasteiger charge is -2.28. The summed E-state index contributed by atoms with van der Waals surface area (Å²) in [7, 11) is 0. The Hall–Kier alpha value is -0.830. The second-order valence-corrected chi connectivity index (χ2v) is 5.39. The lowest BCUT2D eigenvalue weighted by atomic mass is 9.99. The number of carbonyl (C=O) groups excluding carboxylic acids is 1. The highest BCUT2D eigenvalue weighted by atomic mass is 16.2. The molecule has 0 bridgehead atoms. The third kappa shape index (κ3) is 4.90. The lowest BCUT2D eigenvalue weighted by molar-refractivity contribution is -0.134. The van der Waals surface area contributed by atoms with Gasteiger partial charge in [0, 0.05) is 25.0 Å². The van der Waals surface area contributed by atoms with E-state index in [2.05, 4.69) is 13.0 Å². The highest BCUT2D eigenvalue weighted by Gasteiger charge is 2.21. The van der Waals surface area contributed by atoms with Crippen molar-refractivity contribution in [2.45, 2.75) is 52.5 Å². The molecule has 0 saturated heterocycles. The summed E-state index contributed by atoms with van der Waals surface area (Å²) in [5.74, 6) is 0.444. The predicted octanol–water partition coefficient (Wildman–Crippen LogP) is 2.32. The zero-order valence-corrected chi connectivity index (χ0v) is 11.4. The number of hydrogen-bond acceptors (Lipinski definition) is 2. The molecule has 1 heterocycles. The highest BCUT2D eigenvalue weighted by Crippen LogP contribution is 2.16. The molecule has 0 aromatic rings. The molecule has 1 aliphatic heterocycles. The third-order valence-electron chi connectivity index (χ3n) is 3.47. The van der Waals surface area contributed by atoms with Crippen molar-refractivity contribution in [1.29, 1.82) is 0 Å². The molecule has 0 aromatic carbocycles. The summed E-state index contributed by atoms with van der Waals surface area (Å²) in [5, 5.41) is 0. The summed E-state index contributed by atoms with van der Waals surface area (Å²) in [6.45, 7) is 7.87. The van der Waals surface area contributed by atoms with E-state index in [1.807, 2.05) is 18.7 Å². The van der Waals surface area contributed by atoms with Crippen LogP contribution in [0.25, 0.3) is 0 Å². The van der Waals surface area contributed by atoms with Gasteiger partial charge in [-0.3, -0.25) is 4.79 Å².